The smallest absolute Gasteiger partial charge is 0.0351 e. The first-order valence-electron chi connectivity index (χ1n) is 7.67. The van der Waals surface area contributed by atoms with Gasteiger partial charge < -0.3 is 5.32 Å². The van der Waals surface area contributed by atoms with E-state index in [0.29, 0.717) is 12.0 Å². The summed E-state index contributed by atoms with van der Waals surface area (Å²) in [7, 11) is 0. The van der Waals surface area contributed by atoms with Gasteiger partial charge in [-0.3, -0.25) is 0 Å². The lowest BCUT2D eigenvalue weighted by molar-refractivity contribution is 0.339. The summed E-state index contributed by atoms with van der Waals surface area (Å²) in [4.78, 5) is 0. The van der Waals surface area contributed by atoms with Crippen LogP contribution in [-0.2, 0) is 6.54 Å². The van der Waals surface area contributed by atoms with Crippen molar-refractivity contribution in [3.05, 3.63) is 71.8 Å². The van der Waals surface area contributed by atoms with Gasteiger partial charge in [-0.2, -0.15) is 0 Å². The summed E-state index contributed by atoms with van der Waals surface area (Å²) in [6.07, 6.45) is 2.41. The second kappa shape index (κ2) is 7.86. The summed E-state index contributed by atoms with van der Waals surface area (Å²) >= 11 is 0. The molecule has 20 heavy (non-hydrogen) atoms. The van der Waals surface area contributed by atoms with Gasteiger partial charge in [-0.25, -0.2) is 0 Å². The quantitative estimate of drug-likeness (QED) is 0.748. The van der Waals surface area contributed by atoms with Gasteiger partial charge in [-0.05, 0) is 17.0 Å². The van der Waals surface area contributed by atoms with Gasteiger partial charge in [-0.1, -0.05) is 87.4 Å². The van der Waals surface area contributed by atoms with Crippen LogP contribution in [0.5, 0.6) is 0 Å². The third-order valence-corrected chi connectivity index (χ3v) is 4.05. The van der Waals surface area contributed by atoms with Crippen LogP contribution >= 0.6 is 0 Å². The van der Waals surface area contributed by atoms with E-state index in [1.54, 1.807) is 0 Å². The molecule has 0 aromatic heterocycles. The highest BCUT2D eigenvalue weighted by molar-refractivity contribution is 5.21. The van der Waals surface area contributed by atoms with Crippen LogP contribution in [0.4, 0.5) is 0 Å². The zero-order valence-corrected chi connectivity index (χ0v) is 12.5. The lowest BCUT2D eigenvalue weighted by atomic mass is 9.88. The SMILES string of the molecule is CCC(CC)C(NCc1ccccc1)c1ccccc1. The first-order chi connectivity index (χ1) is 9.85. The monoisotopic (exact) mass is 267 g/mol. The molecule has 0 fully saturated rings. The zero-order chi connectivity index (χ0) is 14.2. The molecule has 0 amide bonds. The first-order valence-corrected chi connectivity index (χ1v) is 7.67. The maximum atomic E-state index is 3.75. The van der Waals surface area contributed by atoms with Crippen LogP contribution in [0.1, 0.15) is 43.9 Å². The Morgan fingerprint density at radius 1 is 0.800 bits per heavy atom. The number of hydrogen-bond donors (Lipinski definition) is 1. The summed E-state index contributed by atoms with van der Waals surface area (Å²) in [6, 6.07) is 21.9. The maximum absolute atomic E-state index is 3.75. The predicted octanol–water partition coefficient (Wildman–Crippen LogP) is 4.95. The van der Waals surface area contributed by atoms with Gasteiger partial charge in [0, 0.05) is 12.6 Å². The van der Waals surface area contributed by atoms with Crippen LogP contribution in [0.3, 0.4) is 0 Å². The minimum Gasteiger partial charge on any atom is -0.306 e. The summed E-state index contributed by atoms with van der Waals surface area (Å²) < 4.78 is 0. The van der Waals surface area contributed by atoms with Crippen LogP contribution in [-0.4, -0.2) is 0 Å². The van der Waals surface area contributed by atoms with Gasteiger partial charge >= 0.3 is 0 Å². The lowest BCUT2D eigenvalue weighted by Crippen LogP contribution is -2.27. The molecule has 2 aromatic carbocycles. The molecule has 0 saturated carbocycles. The molecule has 1 N–H and O–H groups in total. The molecule has 0 radical (unpaired) electrons. The molecule has 2 aromatic rings. The van der Waals surface area contributed by atoms with Crippen LogP contribution in [0.15, 0.2) is 60.7 Å². The predicted molar refractivity (Wildman–Crippen MR) is 86.5 cm³/mol. The highest BCUT2D eigenvalue weighted by atomic mass is 14.9. The molecule has 0 aliphatic rings. The van der Waals surface area contributed by atoms with Gasteiger partial charge in [0.2, 0.25) is 0 Å². The lowest BCUT2D eigenvalue weighted by Gasteiger charge is -2.27. The number of rotatable bonds is 7. The molecule has 0 heterocycles. The van der Waals surface area contributed by atoms with Gasteiger partial charge in [0.1, 0.15) is 0 Å². The average Bonchev–Trinajstić information content (AvgIpc) is 2.53. The Balaban J connectivity index is 2.11. The Morgan fingerprint density at radius 2 is 1.35 bits per heavy atom. The zero-order valence-electron chi connectivity index (χ0n) is 12.5. The number of nitrogens with one attached hydrogen (secondary N) is 1. The maximum Gasteiger partial charge on any atom is 0.0351 e. The molecule has 1 heteroatoms. The van der Waals surface area contributed by atoms with Crippen LogP contribution < -0.4 is 5.32 Å². The summed E-state index contributed by atoms with van der Waals surface area (Å²) in [6.45, 7) is 5.50. The van der Waals surface area contributed by atoms with E-state index in [1.807, 2.05) is 0 Å². The van der Waals surface area contributed by atoms with Crippen molar-refractivity contribution in [2.24, 2.45) is 5.92 Å². The molecular formula is C19H25N. The topological polar surface area (TPSA) is 12.0 Å². The Kier molecular flexibility index (Phi) is 5.82. The summed E-state index contributed by atoms with van der Waals surface area (Å²) in [5.41, 5.74) is 2.75. The Hall–Kier alpha value is -1.60. The molecule has 0 saturated heterocycles. The van der Waals surface area contributed by atoms with E-state index in [1.165, 1.54) is 24.0 Å². The van der Waals surface area contributed by atoms with Crippen molar-refractivity contribution >= 4 is 0 Å². The first kappa shape index (κ1) is 14.8. The molecule has 0 spiro atoms. The Morgan fingerprint density at radius 3 is 1.90 bits per heavy atom. The molecule has 0 aliphatic carbocycles. The van der Waals surface area contributed by atoms with Crippen molar-refractivity contribution in [2.45, 2.75) is 39.3 Å². The molecule has 1 nitrogen and oxygen atoms in total. The van der Waals surface area contributed by atoms with E-state index < -0.39 is 0 Å². The largest absolute Gasteiger partial charge is 0.306 e. The fourth-order valence-electron chi connectivity index (χ4n) is 2.80. The van der Waals surface area contributed by atoms with E-state index in [9.17, 15) is 0 Å². The summed E-state index contributed by atoms with van der Waals surface area (Å²) in [5, 5.41) is 3.75. The van der Waals surface area contributed by atoms with Gasteiger partial charge in [0.15, 0.2) is 0 Å². The third kappa shape index (κ3) is 3.94. The molecule has 1 unspecified atom stereocenters. The van der Waals surface area contributed by atoms with E-state index in [4.69, 9.17) is 0 Å². The molecule has 0 aliphatic heterocycles. The van der Waals surface area contributed by atoms with E-state index in [0.717, 1.165) is 6.54 Å². The van der Waals surface area contributed by atoms with Crippen LogP contribution in [0.2, 0.25) is 0 Å². The fourth-order valence-corrected chi connectivity index (χ4v) is 2.80. The average molecular weight is 267 g/mol. The van der Waals surface area contributed by atoms with Crippen molar-refractivity contribution in [1.29, 1.82) is 0 Å². The molecule has 2 rings (SSSR count). The van der Waals surface area contributed by atoms with Crippen LogP contribution in [0.25, 0.3) is 0 Å². The standard InChI is InChI=1S/C19H25N/c1-3-17(4-2)19(18-13-9-6-10-14-18)20-15-16-11-7-5-8-12-16/h5-14,17,19-20H,3-4,15H2,1-2H3. The molecule has 1 atom stereocenters. The minimum absolute atomic E-state index is 0.436. The van der Waals surface area contributed by atoms with Crippen molar-refractivity contribution in [3.8, 4) is 0 Å². The number of benzene rings is 2. The second-order valence-electron chi connectivity index (χ2n) is 5.33. The number of hydrogen-bond acceptors (Lipinski definition) is 1. The minimum atomic E-state index is 0.436. The Bertz CT molecular complexity index is 474. The summed E-state index contributed by atoms with van der Waals surface area (Å²) in [5.74, 6) is 0.682. The third-order valence-electron chi connectivity index (χ3n) is 4.05. The second-order valence-corrected chi connectivity index (χ2v) is 5.33. The van der Waals surface area contributed by atoms with E-state index in [2.05, 4.69) is 79.8 Å². The van der Waals surface area contributed by atoms with Gasteiger partial charge in [-0.15, -0.1) is 0 Å². The van der Waals surface area contributed by atoms with E-state index >= 15 is 0 Å². The normalized spacial score (nSPS) is 12.6. The van der Waals surface area contributed by atoms with Crippen molar-refractivity contribution < 1.29 is 0 Å². The molecule has 0 bridgehead atoms. The fraction of sp³-hybridized carbons (Fsp3) is 0.368. The van der Waals surface area contributed by atoms with Crippen molar-refractivity contribution in [2.75, 3.05) is 0 Å². The van der Waals surface area contributed by atoms with Gasteiger partial charge in [0.05, 0.1) is 0 Å². The van der Waals surface area contributed by atoms with Crippen molar-refractivity contribution in [1.82, 2.24) is 5.32 Å². The highest BCUT2D eigenvalue weighted by Gasteiger charge is 2.19. The van der Waals surface area contributed by atoms with Crippen molar-refractivity contribution in [3.63, 3.8) is 0 Å². The van der Waals surface area contributed by atoms with E-state index in [-0.39, 0.29) is 0 Å². The Labute approximate surface area is 123 Å². The highest BCUT2D eigenvalue weighted by Crippen LogP contribution is 2.27. The van der Waals surface area contributed by atoms with Gasteiger partial charge in [0.25, 0.3) is 0 Å². The molecular weight excluding hydrogens is 242 g/mol. The van der Waals surface area contributed by atoms with Crippen LogP contribution in [0, 0.1) is 5.92 Å². The molecule has 106 valence electrons.